The van der Waals surface area contributed by atoms with Crippen LogP contribution >= 0.6 is 12.4 Å². The molecule has 1 aliphatic carbocycles. The SMILES string of the molecule is CC1Oc2ccccc2N(CCC(=O)NC(C)(CN)C2CC2)C1=O.Cl. The first-order valence-electron chi connectivity index (χ1n) is 8.53. The molecule has 0 aromatic heterocycles. The quantitative estimate of drug-likeness (QED) is 0.803. The first-order valence-corrected chi connectivity index (χ1v) is 8.53. The number of fused-ring (bicyclic) bond motifs is 1. The molecule has 2 unspecified atom stereocenters. The van der Waals surface area contributed by atoms with E-state index in [1.165, 1.54) is 0 Å². The molecule has 1 heterocycles. The van der Waals surface area contributed by atoms with E-state index in [1.807, 2.05) is 31.2 Å². The Balaban J connectivity index is 0.00000225. The molecule has 7 heteroatoms. The molecule has 2 atom stereocenters. The Hall–Kier alpha value is -1.79. The summed E-state index contributed by atoms with van der Waals surface area (Å²) >= 11 is 0. The molecule has 1 aliphatic heterocycles. The number of carbonyl (C=O) groups excluding carboxylic acids is 2. The Morgan fingerprint density at radius 3 is 2.72 bits per heavy atom. The van der Waals surface area contributed by atoms with Crippen molar-refractivity contribution < 1.29 is 14.3 Å². The highest BCUT2D eigenvalue weighted by molar-refractivity contribution is 6.00. The zero-order valence-corrected chi connectivity index (χ0v) is 15.5. The lowest BCUT2D eigenvalue weighted by atomic mass is 9.96. The van der Waals surface area contributed by atoms with Crippen molar-refractivity contribution in [3.63, 3.8) is 0 Å². The summed E-state index contributed by atoms with van der Waals surface area (Å²) in [6, 6.07) is 7.40. The van der Waals surface area contributed by atoms with Gasteiger partial charge in [-0.2, -0.15) is 0 Å². The summed E-state index contributed by atoms with van der Waals surface area (Å²) in [5.41, 5.74) is 6.23. The van der Waals surface area contributed by atoms with Crippen molar-refractivity contribution in [2.75, 3.05) is 18.0 Å². The van der Waals surface area contributed by atoms with Crippen LogP contribution in [0, 0.1) is 5.92 Å². The number of hydrogen-bond acceptors (Lipinski definition) is 4. The molecule has 0 bridgehead atoms. The predicted octanol–water partition coefficient (Wildman–Crippen LogP) is 1.86. The van der Waals surface area contributed by atoms with Gasteiger partial charge in [0.25, 0.3) is 5.91 Å². The Morgan fingerprint density at radius 1 is 1.40 bits per heavy atom. The summed E-state index contributed by atoms with van der Waals surface area (Å²) in [6.45, 7) is 4.49. The number of benzene rings is 1. The molecule has 138 valence electrons. The Bertz CT molecular complexity index is 650. The van der Waals surface area contributed by atoms with Gasteiger partial charge in [-0.3, -0.25) is 9.59 Å². The molecule has 1 aromatic carbocycles. The molecule has 3 N–H and O–H groups in total. The number of anilines is 1. The van der Waals surface area contributed by atoms with E-state index in [2.05, 4.69) is 5.32 Å². The van der Waals surface area contributed by atoms with E-state index in [1.54, 1.807) is 11.8 Å². The third-order valence-electron chi connectivity index (χ3n) is 4.96. The number of nitrogens with one attached hydrogen (secondary N) is 1. The fourth-order valence-electron chi connectivity index (χ4n) is 3.22. The standard InChI is InChI=1S/C18H25N3O3.ClH/c1-12-17(23)21(14-5-3-4-6-15(14)24-12)10-9-16(22)20-18(2,11-19)13-7-8-13;/h3-6,12-13H,7-11,19H2,1-2H3,(H,20,22);1H. The maximum Gasteiger partial charge on any atom is 0.267 e. The third kappa shape index (κ3) is 4.07. The zero-order chi connectivity index (χ0) is 17.3. The van der Waals surface area contributed by atoms with Gasteiger partial charge in [0.15, 0.2) is 6.10 Å². The number of hydrogen-bond donors (Lipinski definition) is 2. The van der Waals surface area contributed by atoms with Crippen molar-refractivity contribution in [2.45, 2.75) is 44.8 Å². The third-order valence-corrected chi connectivity index (χ3v) is 4.96. The van der Waals surface area contributed by atoms with Crippen LogP contribution in [0.1, 0.15) is 33.1 Å². The summed E-state index contributed by atoms with van der Waals surface area (Å²) in [5, 5.41) is 3.06. The van der Waals surface area contributed by atoms with Crippen molar-refractivity contribution in [3.05, 3.63) is 24.3 Å². The van der Waals surface area contributed by atoms with Crippen LogP contribution in [-0.2, 0) is 9.59 Å². The highest BCUT2D eigenvalue weighted by atomic mass is 35.5. The summed E-state index contributed by atoms with van der Waals surface area (Å²) in [5.74, 6) is 0.955. The van der Waals surface area contributed by atoms with E-state index < -0.39 is 6.10 Å². The summed E-state index contributed by atoms with van der Waals surface area (Å²) in [7, 11) is 0. The predicted molar refractivity (Wildman–Crippen MR) is 99.1 cm³/mol. The minimum Gasteiger partial charge on any atom is -0.479 e. The smallest absolute Gasteiger partial charge is 0.267 e. The highest BCUT2D eigenvalue weighted by Crippen LogP contribution is 2.39. The number of nitrogens with two attached hydrogens (primary N) is 1. The van der Waals surface area contributed by atoms with Crippen LogP contribution in [0.3, 0.4) is 0 Å². The average Bonchev–Trinajstić information content (AvgIpc) is 3.40. The van der Waals surface area contributed by atoms with Crippen LogP contribution in [0.15, 0.2) is 24.3 Å². The monoisotopic (exact) mass is 367 g/mol. The number of ether oxygens (including phenoxy) is 1. The normalized spacial score (nSPS) is 21.5. The van der Waals surface area contributed by atoms with Crippen molar-refractivity contribution in [3.8, 4) is 5.75 Å². The Morgan fingerprint density at radius 2 is 2.08 bits per heavy atom. The maximum atomic E-state index is 12.4. The van der Waals surface area contributed by atoms with Crippen molar-refractivity contribution in [1.29, 1.82) is 0 Å². The van der Waals surface area contributed by atoms with Gasteiger partial charge in [-0.15, -0.1) is 12.4 Å². The van der Waals surface area contributed by atoms with Crippen LogP contribution in [0.2, 0.25) is 0 Å². The number of carbonyl (C=O) groups is 2. The second-order valence-corrected chi connectivity index (χ2v) is 6.91. The maximum absolute atomic E-state index is 12.4. The van der Waals surface area contributed by atoms with Gasteiger partial charge in [-0.25, -0.2) is 0 Å². The second kappa shape index (κ2) is 7.62. The van der Waals surface area contributed by atoms with Crippen molar-refractivity contribution in [1.82, 2.24) is 5.32 Å². The van der Waals surface area contributed by atoms with E-state index in [0.717, 1.165) is 18.5 Å². The van der Waals surface area contributed by atoms with Crippen LogP contribution in [0.4, 0.5) is 5.69 Å². The highest BCUT2D eigenvalue weighted by Gasteiger charge is 2.41. The van der Waals surface area contributed by atoms with Gasteiger partial charge in [-0.05, 0) is 44.7 Å². The fraction of sp³-hybridized carbons (Fsp3) is 0.556. The van der Waals surface area contributed by atoms with Crippen molar-refractivity contribution >= 4 is 29.9 Å². The van der Waals surface area contributed by atoms with E-state index >= 15 is 0 Å². The van der Waals surface area contributed by atoms with Gasteiger partial charge in [0.2, 0.25) is 5.91 Å². The van der Waals surface area contributed by atoms with Gasteiger partial charge in [0.05, 0.1) is 11.2 Å². The molecule has 1 aromatic rings. The minimum absolute atomic E-state index is 0. The fourth-order valence-corrected chi connectivity index (χ4v) is 3.22. The molecule has 3 rings (SSSR count). The molecule has 1 saturated carbocycles. The summed E-state index contributed by atoms with van der Waals surface area (Å²) < 4.78 is 5.61. The van der Waals surface area contributed by atoms with Gasteiger partial charge in [0.1, 0.15) is 5.75 Å². The summed E-state index contributed by atoms with van der Waals surface area (Å²) in [4.78, 5) is 26.4. The first kappa shape index (κ1) is 19.5. The minimum atomic E-state index is -0.538. The largest absolute Gasteiger partial charge is 0.479 e. The molecule has 2 amide bonds. The van der Waals surface area contributed by atoms with Crippen molar-refractivity contribution in [2.24, 2.45) is 11.7 Å². The topological polar surface area (TPSA) is 84.7 Å². The van der Waals surface area contributed by atoms with Crippen LogP contribution in [0.5, 0.6) is 5.75 Å². The molecule has 2 aliphatic rings. The van der Waals surface area contributed by atoms with Gasteiger partial charge in [0, 0.05) is 19.5 Å². The lowest BCUT2D eigenvalue weighted by Crippen LogP contribution is -2.54. The molecule has 0 radical (unpaired) electrons. The number of nitrogens with zero attached hydrogens (tertiary/aromatic N) is 1. The Kier molecular flexibility index (Phi) is 5.95. The molecule has 0 saturated heterocycles. The lowest BCUT2D eigenvalue weighted by Gasteiger charge is -2.33. The number of para-hydroxylation sites is 2. The summed E-state index contributed by atoms with van der Waals surface area (Å²) in [6.07, 6.45) is 1.93. The lowest BCUT2D eigenvalue weighted by molar-refractivity contribution is -0.126. The average molecular weight is 368 g/mol. The molecule has 6 nitrogen and oxygen atoms in total. The van der Waals surface area contributed by atoms with Gasteiger partial charge in [-0.1, -0.05) is 12.1 Å². The first-order chi connectivity index (χ1) is 11.4. The number of amides is 2. The van der Waals surface area contributed by atoms with Crippen LogP contribution in [0.25, 0.3) is 0 Å². The zero-order valence-electron chi connectivity index (χ0n) is 14.7. The van der Waals surface area contributed by atoms with E-state index in [-0.39, 0.29) is 36.2 Å². The molecular weight excluding hydrogens is 342 g/mol. The Labute approximate surface area is 154 Å². The molecule has 0 spiro atoms. The number of rotatable bonds is 6. The number of halogens is 1. The second-order valence-electron chi connectivity index (χ2n) is 6.91. The molecule has 25 heavy (non-hydrogen) atoms. The van der Waals surface area contributed by atoms with E-state index in [4.69, 9.17) is 10.5 Å². The van der Waals surface area contributed by atoms with Gasteiger partial charge >= 0.3 is 0 Å². The molecule has 1 fully saturated rings. The van der Waals surface area contributed by atoms with Crippen LogP contribution in [-0.4, -0.2) is 36.5 Å². The van der Waals surface area contributed by atoms with Crippen LogP contribution < -0.4 is 20.7 Å². The molecular formula is C18H26ClN3O3. The van der Waals surface area contributed by atoms with E-state index in [9.17, 15) is 9.59 Å². The van der Waals surface area contributed by atoms with Gasteiger partial charge < -0.3 is 20.7 Å². The van der Waals surface area contributed by atoms with E-state index in [0.29, 0.717) is 24.8 Å².